The first-order chi connectivity index (χ1) is 11.5. The van der Waals surface area contributed by atoms with Crippen LogP contribution in [0, 0.1) is 10.1 Å². The number of aromatic amines is 2. The van der Waals surface area contributed by atoms with E-state index in [1.54, 1.807) is 18.2 Å². The van der Waals surface area contributed by atoms with Gasteiger partial charge >= 0.3 is 16.9 Å². The zero-order valence-corrected chi connectivity index (χ0v) is 13.0. The monoisotopic (exact) mass is 333 g/mol. The van der Waals surface area contributed by atoms with Crippen LogP contribution in [0.5, 0.6) is 11.5 Å². The number of nitro groups is 1. The average Bonchev–Trinajstić information content (AvgIpc) is 2.53. The van der Waals surface area contributed by atoms with Gasteiger partial charge in [0.2, 0.25) is 0 Å². The van der Waals surface area contributed by atoms with Gasteiger partial charge < -0.3 is 14.5 Å². The van der Waals surface area contributed by atoms with Crippen molar-refractivity contribution in [1.82, 2.24) is 9.97 Å². The van der Waals surface area contributed by atoms with E-state index in [2.05, 4.69) is 4.98 Å². The van der Waals surface area contributed by atoms with Gasteiger partial charge in [-0.1, -0.05) is 12.1 Å². The maximum Gasteiger partial charge on any atom is 0.357 e. The lowest BCUT2D eigenvalue weighted by molar-refractivity contribution is -0.386. The second-order valence-corrected chi connectivity index (χ2v) is 4.60. The molecule has 0 aliphatic heterocycles. The molecule has 0 fully saturated rings. The van der Waals surface area contributed by atoms with Crippen LogP contribution in [0.3, 0.4) is 0 Å². The number of H-pyrrole nitrogens is 2. The molecule has 0 saturated carbocycles. The fourth-order valence-corrected chi connectivity index (χ4v) is 2.04. The molecule has 0 aliphatic carbocycles. The van der Waals surface area contributed by atoms with E-state index < -0.39 is 21.9 Å². The molecule has 126 valence electrons. The van der Waals surface area contributed by atoms with Crippen LogP contribution in [0.4, 0.5) is 5.69 Å². The lowest BCUT2D eigenvalue weighted by atomic mass is 10.1. The minimum atomic E-state index is -1.06. The zero-order valence-electron chi connectivity index (χ0n) is 13.0. The maximum absolute atomic E-state index is 11.5. The fourth-order valence-electron chi connectivity index (χ4n) is 2.04. The average molecular weight is 333 g/mol. The van der Waals surface area contributed by atoms with Crippen molar-refractivity contribution in [2.45, 2.75) is 6.92 Å². The van der Waals surface area contributed by atoms with Crippen molar-refractivity contribution in [2.75, 3.05) is 13.7 Å². The van der Waals surface area contributed by atoms with Crippen molar-refractivity contribution in [3.63, 3.8) is 0 Å². The predicted molar refractivity (Wildman–Crippen MR) is 87.4 cm³/mol. The van der Waals surface area contributed by atoms with Crippen molar-refractivity contribution in [2.24, 2.45) is 0 Å². The van der Waals surface area contributed by atoms with Gasteiger partial charge in [0.1, 0.15) is 5.69 Å². The molecule has 2 N–H and O–H groups in total. The molecule has 2 aromatic rings. The molecule has 0 unspecified atom stereocenters. The topological polar surface area (TPSA) is 127 Å². The van der Waals surface area contributed by atoms with E-state index in [-0.39, 0.29) is 5.69 Å². The number of aromatic nitrogens is 2. The predicted octanol–water partition coefficient (Wildman–Crippen LogP) is 1.55. The molecular formula is C15H15N3O6. The van der Waals surface area contributed by atoms with E-state index in [0.29, 0.717) is 23.7 Å². The molecule has 0 atom stereocenters. The lowest BCUT2D eigenvalue weighted by Gasteiger charge is -2.09. The third-order valence-corrected chi connectivity index (χ3v) is 3.06. The molecule has 9 nitrogen and oxygen atoms in total. The van der Waals surface area contributed by atoms with E-state index >= 15 is 0 Å². The third-order valence-electron chi connectivity index (χ3n) is 3.06. The number of benzene rings is 1. The quantitative estimate of drug-likeness (QED) is 0.610. The Hall–Kier alpha value is -3.36. The molecule has 0 amide bonds. The van der Waals surface area contributed by atoms with Crippen LogP contribution in [-0.4, -0.2) is 28.6 Å². The van der Waals surface area contributed by atoms with Gasteiger partial charge in [0.25, 0.3) is 0 Å². The standard InChI is InChI=1S/C15H15N3O6/c1-3-24-11-7-5-9(8-12(11)23-2)4-6-10-13(18(21)22)14(19)17-15(20)16-10/h4-8H,3H2,1-2H3,(H2,16,17,19,20)/b6-4+. The van der Waals surface area contributed by atoms with Gasteiger partial charge in [-0.2, -0.15) is 0 Å². The normalized spacial score (nSPS) is 10.8. The highest BCUT2D eigenvalue weighted by molar-refractivity contribution is 5.72. The number of nitrogens with one attached hydrogen (secondary N) is 2. The highest BCUT2D eigenvalue weighted by atomic mass is 16.6. The summed E-state index contributed by atoms with van der Waals surface area (Å²) in [6.07, 6.45) is 2.79. The van der Waals surface area contributed by atoms with Crippen LogP contribution < -0.4 is 20.7 Å². The zero-order chi connectivity index (χ0) is 17.7. The van der Waals surface area contributed by atoms with Gasteiger partial charge in [-0.15, -0.1) is 0 Å². The lowest BCUT2D eigenvalue weighted by Crippen LogP contribution is -2.25. The van der Waals surface area contributed by atoms with E-state index in [1.807, 2.05) is 11.9 Å². The summed E-state index contributed by atoms with van der Waals surface area (Å²) in [5.41, 5.74) is -2.17. The Morgan fingerprint density at radius 1 is 1.21 bits per heavy atom. The van der Waals surface area contributed by atoms with Gasteiger partial charge in [0.15, 0.2) is 11.5 Å². The molecule has 0 radical (unpaired) electrons. The van der Waals surface area contributed by atoms with Crippen molar-refractivity contribution in [3.8, 4) is 11.5 Å². The van der Waals surface area contributed by atoms with Gasteiger partial charge in [-0.05, 0) is 30.7 Å². The van der Waals surface area contributed by atoms with E-state index in [1.165, 1.54) is 19.3 Å². The molecule has 1 aromatic carbocycles. The fraction of sp³-hybridized carbons (Fsp3) is 0.200. The number of hydrogen-bond donors (Lipinski definition) is 2. The van der Waals surface area contributed by atoms with Gasteiger partial charge in [0.05, 0.1) is 18.6 Å². The molecule has 9 heteroatoms. The second-order valence-electron chi connectivity index (χ2n) is 4.60. The highest BCUT2D eigenvalue weighted by Gasteiger charge is 2.18. The molecular weight excluding hydrogens is 318 g/mol. The number of ether oxygens (including phenoxy) is 2. The van der Waals surface area contributed by atoms with E-state index in [0.717, 1.165) is 0 Å². The Labute approximate surface area is 135 Å². The van der Waals surface area contributed by atoms with E-state index in [9.17, 15) is 19.7 Å². The molecule has 24 heavy (non-hydrogen) atoms. The number of rotatable bonds is 6. The summed E-state index contributed by atoms with van der Waals surface area (Å²) in [6, 6.07) is 5.07. The summed E-state index contributed by atoms with van der Waals surface area (Å²) in [5, 5.41) is 11.0. The van der Waals surface area contributed by atoms with E-state index in [4.69, 9.17) is 9.47 Å². The summed E-state index contributed by atoms with van der Waals surface area (Å²) < 4.78 is 10.6. The molecule has 0 aliphatic rings. The van der Waals surface area contributed by atoms with Crippen LogP contribution in [0.25, 0.3) is 12.2 Å². The third kappa shape index (κ3) is 3.69. The molecule has 2 rings (SSSR count). The Balaban J connectivity index is 2.43. The Morgan fingerprint density at radius 3 is 2.58 bits per heavy atom. The van der Waals surface area contributed by atoms with Gasteiger partial charge in [-0.25, -0.2) is 4.79 Å². The summed E-state index contributed by atoms with van der Waals surface area (Å²) in [5.74, 6) is 1.06. The largest absolute Gasteiger partial charge is 0.493 e. The van der Waals surface area contributed by atoms with Gasteiger partial charge in [-0.3, -0.25) is 19.9 Å². The Morgan fingerprint density at radius 2 is 1.96 bits per heavy atom. The Bertz CT molecular complexity index is 897. The van der Waals surface area contributed by atoms with Gasteiger partial charge in [0, 0.05) is 0 Å². The summed E-state index contributed by atoms with van der Waals surface area (Å²) in [7, 11) is 1.49. The molecule has 1 aromatic heterocycles. The first kappa shape index (κ1) is 17.0. The summed E-state index contributed by atoms with van der Waals surface area (Å²) >= 11 is 0. The number of methoxy groups -OCH3 is 1. The van der Waals surface area contributed by atoms with Crippen LogP contribution >= 0.6 is 0 Å². The number of nitrogens with zero attached hydrogens (tertiary/aromatic N) is 1. The molecule has 1 heterocycles. The Kier molecular flexibility index (Phi) is 5.15. The van der Waals surface area contributed by atoms with Crippen LogP contribution in [0.1, 0.15) is 18.2 Å². The van der Waals surface area contributed by atoms with Crippen LogP contribution in [0.15, 0.2) is 27.8 Å². The summed E-state index contributed by atoms with van der Waals surface area (Å²) in [6.45, 7) is 2.32. The maximum atomic E-state index is 11.5. The first-order valence-electron chi connectivity index (χ1n) is 6.96. The van der Waals surface area contributed by atoms with Crippen molar-refractivity contribution < 1.29 is 14.4 Å². The minimum absolute atomic E-state index is 0.193. The minimum Gasteiger partial charge on any atom is -0.493 e. The van der Waals surface area contributed by atoms with Crippen LogP contribution in [-0.2, 0) is 0 Å². The highest BCUT2D eigenvalue weighted by Crippen LogP contribution is 2.28. The van der Waals surface area contributed by atoms with Crippen molar-refractivity contribution in [1.29, 1.82) is 0 Å². The second kappa shape index (κ2) is 7.27. The van der Waals surface area contributed by atoms with Crippen molar-refractivity contribution >= 4 is 17.8 Å². The van der Waals surface area contributed by atoms with Crippen LogP contribution in [0.2, 0.25) is 0 Å². The summed E-state index contributed by atoms with van der Waals surface area (Å²) in [4.78, 5) is 37.0. The molecule has 0 spiro atoms. The first-order valence-corrected chi connectivity index (χ1v) is 6.96. The molecule has 0 saturated heterocycles. The SMILES string of the molecule is CCOc1ccc(/C=C/c2[nH]c(=O)[nH]c(=O)c2[N+](=O)[O-])cc1OC. The molecule has 0 bridgehead atoms. The number of hydrogen-bond acceptors (Lipinski definition) is 6. The smallest absolute Gasteiger partial charge is 0.357 e. The van der Waals surface area contributed by atoms with Crippen molar-refractivity contribution in [3.05, 3.63) is 60.4 Å².